The summed E-state index contributed by atoms with van der Waals surface area (Å²) >= 11 is 0. The summed E-state index contributed by atoms with van der Waals surface area (Å²) in [5.74, 6) is 0.131. The Morgan fingerprint density at radius 1 is 1.30 bits per heavy atom. The van der Waals surface area contributed by atoms with Crippen LogP contribution < -0.4 is 0 Å². The van der Waals surface area contributed by atoms with Crippen molar-refractivity contribution in [2.45, 2.75) is 13.3 Å². The second-order valence-electron chi connectivity index (χ2n) is 4.32. The third-order valence-electron chi connectivity index (χ3n) is 2.94. The maximum Gasteiger partial charge on any atom is 0.256 e. The van der Waals surface area contributed by atoms with Gasteiger partial charge >= 0.3 is 0 Å². The number of nitrogens with zero attached hydrogens (tertiary/aromatic N) is 1. The number of halogens is 2. The minimum Gasteiger partial charge on any atom is -0.508 e. The van der Waals surface area contributed by atoms with Gasteiger partial charge in [0.2, 0.25) is 0 Å². The molecule has 1 aromatic carbocycles. The van der Waals surface area contributed by atoms with E-state index in [0.29, 0.717) is 17.0 Å². The van der Waals surface area contributed by atoms with Gasteiger partial charge in [0.15, 0.2) is 0 Å². The van der Waals surface area contributed by atoms with Crippen LogP contribution in [0.3, 0.4) is 0 Å². The van der Waals surface area contributed by atoms with Gasteiger partial charge in [-0.25, -0.2) is 8.78 Å². The van der Waals surface area contributed by atoms with E-state index in [1.807, 2.05) is 0 Å². The molecule has 0 aromatic heterocycles. The summed E-state index contributed by atoms with van der Waals surface area (Å²) in [6.07, 6.45) is 2.26. The third-order valence-corrected chi connectivity index (χ3v) is 2.94. The van der Waals surface area contributed by atoms with Crippen molar-refractivity contribution >= 4 is 5.70 Å². The topological polar surface area (TPSA) is 23.5 Å². The van der Waals surface area contributed by atoms with Gasteiger partial charge in [-0.15, -0.1) is 17.7 Å². The van der Waals surface area contributed by atoms with Crippen molar-refractivity contribution in [3.05, 3.63) is 59.8 Å². The number of allylic oxidation sites excluding steroid dienone is 3. The molecule has 1 N–H and O–H groups in total. The van der Waals surface area contributed by atoms with Gasteiger partial charge in [-0.3, -0.25) is 0 Å². The molecule has 1 aliphatic heterocycles. The van der Waals surface area contributed by atoms with Gasteiger partial charge in [-0.1, -0.05) is 24.8 Å². The van der Waals surface area contributed by atoms with Gasteiger partial charge in [0.1, 0.15) is 5.75 Å². The number of phenols is 1. The molecule has 1 aliphatic rings. The fourth-order valence-electron chi connectivity index (χ4n) is 1.88. The molecule has 0 saturated heterocycles. The zero-order valence-electron chi connectivity index (χ0n) is 11.1. The van der Waals surface area contributed by atoms with Crippen molar-refractivity contribution < 1.29 is 46.6 Å². The predicted octanol–water partition coefficient (Wildman–Crippen LogP) is 3.57. The molecule has 0 amide bonds. The Morgan fingerprint density at radius 2 is 1.90 bits per heavy atom. The smallest absolute Gasteiger partial charge is 0.256 e. The van der Waals surface area contributed by atoms with Gasteiger partial charge in [0.05, 0.1) is 6.54 Å². The van der Waals surface area contributed by atoms with Gasteiger partial charge in [-0.05, 0) is 17.8 Å². The van der Waals surface area contributed by atoms with Crippen LogP contribution in [0.5, 0.6) is 5.75 Å². The van der Waals surface area contributed by atoms with E-state index in [4.69, 9.17) is 0 Å². The zero-order valence-corrected chi connectivity index (χ0v) is 13.9. The standard InChI is InChI=1S/C15H14F2NO.Y/c1-10-3-8-14(12-4-6-13(19)7-5-12)18(11(10)2)9-15(16)17;/h3-7,15,19H,2,9H2,1H3;/q-1;. The maximum absolute atomic E-state index is 12.7. The number of hydrogen-bond acceptors (Lipinski definition) is 2. The second-order valence-corrected chi connectivity index (χ2v) is 4.32. The van der Waals surface area contributed by atoms with Gasteiger partial charge in [0, 0.05) is 32.7 Å². The monoisotopic (exact) mass is 351 g/mol. The molecule has 0 aliphatic carbocycles. The molecular formula is C15H14F2NOY-. The van der Waals surface area contributed by atoms with E-state index in [9.17, 15) is 13.9 Å². The quantitative estimate of drug-likeness (QED) is 0.842. The fourth-order valence-corrected chi connectivity index (χ4v) is 1.88. The van der Waals surface area contributed by atoms with Crippen LogP contribution in [0.4, 0.5) is 8.78 Å². The van der Waals surface area contributed by atoms with Crippen LogP contribution in [0, 0.1) is 6.08 Å². The van der Waals surface area contributed by atoms with Gasteiger partial charge in [0.25, 0.3) is 6.43 Å². The van der Waals surface area contributed by atoms with E-state index in [1.165, 1.54) is 17.0 Å². The van der Waals surface area contributed by atoms with Crippen molar-refractivity contribution in [3.63, 3.8) is 0 Å². The van der Waals surface area contributed by atoms with Crippen LogP contribution in [0.2, 0.25) is 0 Å². The first kappa shape index (κ1) is 17.1. The number of phenolic OH excluding ortho intramolecular Hbond substituents is 1. The van der Waals surface area contributed by atoms with Crippen molar-refractivity contribution in [2.24, 2.45) is 0 Å². The summed E-state index contributed by atoms with van der Waals surface area (Å²) in [6, 6.07) is 6.35. The van der Waals surface area contributed by atoms with E-state index >= 15 is 0 Å². The van der Waals surface area contributed by atoms with E-state index in [-0.39, 0.29) is 38.5 Å². The Balaban J connectivity index is 0.00000200. The maximum atomic E-state index is 12.7. The van der Waals surface area contributed by atoms with Crippen LogP contribution >= 0.6 is 0 Å². The third kappa shape index (κ3) is 3.77. The Hall–Kier alpha value is -0.996. The molecular weight excluding hydrogens is 337 g/mol. The number of aromatic hydroxyl groups is 1. The molecule has 2 nitrogen and oxygen atoms in total. The van der Waals surface area contributed by atoms with Crippen LogP contribution in [-0.2, 0) is 32.7 Å². The molecule has 0 unspecified atom stereocenters. The van der Waals surface area contributed by atoms with E-state index in [0.717, 1.165) is 5.57 Å². The number of hydrogen-bond donors (Lipinski definition) is 1. The van der Waals surface area contributed by atoms with Crippen molar-refractivity contribution in [1.29, 1.82) is 0 Å². The fraction of sp³-hybridized carbons (Fsp3) is 0.200. The van der Waals surface area contributed by atoms with Crippen LogP contribution in [-0.4, -0.2) is 23.0 Å². The first-order chi connectivity index (χ1) is 8.99. The van der Waals surface area contributed by atoms with E-state index in [1.54, 1.807) is 25.1 Å². The molecule has 1 radical (unpaired) electrons. The minimum absolute atomic E-state index is 0. The molecule has 2 rings (SSSR count). The molecule has 20 heavy (non-hydrogen) atoms. The van der Waals surface area contributed by atoms with E-state index < -0.39 is 13.0 Å². The molecule has 0 fully saturated rings. The van der Waals surface area contributed by atoms with Crippen molar-refractivity contribution in [1.82, 2.24) is 4.90 Å². The SMILES string of the molecule is C=C1C(C)=C[C-]=C(c2ccc(O)cc2)N1CC(F)F.[Y]. The minimum atomic E-state index is -2.46. The molecule has 103 valence electrons. The number of rotatable bonds is 3. The van der Waals surface area contributed by atoms with Crippen LogP contribution in [0.1, 0.15) is 12.5 Å². The Morgan fingerprint density at radius 3 is 2.45 bits per heavy atom. The average molecular weight is 351 g/mol. The summed E-state index contributed by atoms with van der Waals surface area (Å²) in [5, 5.41) is 9.27. The predicted molar refractivity (Wildman–Crippen MR) is 70.4 cm³/mol. The largest absolute Gasteiger partial charge is 0.508 e. The normalized spacial score (nSPS) is 14.8. The summed E-state index contributed by atoms with van der Waals surface area (Å²) in [6.45, 7) is 5.22. The number of benzene rings is 1. The molecule has 0 spiro atoms. The Kier molecular flexibility index (Phi) is 6.09. The first-order valence-electron chi connectivity index (χ1n) is 5.83. The van der Waals surface area contributed by atoms with Crippen molar-refractivity contribution in [2.75, 3.05) is 6.54 Å². The average Bonchev–Trinajstić information content (AvgIpc) is 2.36. The van der Waals surface area contributed by atoms with Crippen molar-refractivity contribution in [3.8, 4) is 5.75 Å². The summed E-state index contributed by atoms with van der Waals surface area (Å²) in [5.41, 5.74) is 2.60. The van der Waals surface area contributed by atoms with Crippen LogP contribution in [0.25, 0.3) is 5.70 Å². The molecule has 1 aromatic rings. The molecule has 0 bridgehead atoms. The Bertz CT molecular complexity index is 549. The van der Waals surface area contributed by atoms with Crippen LogP contribution in [0.15, 0.2) is 48.2 Å². The Labute approximate surface area is 142 Å². The summed E-state index contributed by atoms with van der Waals surface area (Å²) in [7, 11) is 0. The molecule has 1 heterocycles. The van der Waals surface area contributed by atoms with E-state index in [2.05, 4.69) is 12.7 Å². The zero-order chi connectivity index (χ0) is 14.0. The van der Waals surface area contributed by atoms with Gasteiger partial charge < -0.3 is 10.0 Å². The van der Waals surface area contributed by atoms with Gasteiger partial charge in [-0.2, -0.15) is 12.2 Å². The second kappa shape index (κ2) is 7.14. The molecule has 0 saturated carbocycles. The number of alkyl halides is 2. The molecule has 0 atom stereocenters. The first-order valence-corrected chi connectivity index (χ1v) is 5.83. The summed E-state index contributed by atoms with van der Waals surface area (Å²) in [4.78, 5) is 1.45. The summed E-state index contributed by atoms with van der Waals surface area (Å²) < 4.78 is 25.4. The molecule has 5 heteroatoms.